The number of carbonyl (C=O) groups is 2. The quantitative estimate of drug-likeness (QED) is 0.328. The zero-order valence-electron chi connectivity index (χ0n) is 24.2. The van der Waals surface area contributed by atoms with Crippen LogP contribution in [0, 0.1) is 17.7 Å². The van der Waals surface area contributed by atoms with Gasteiger partial charge in [0.25, 0.3) is 5.91 Å². The molecule has 8 nitrogen and oxygen atoms in total. The summed E-state index contributed by atoms with van der Waals surface area (Å²) in [6.45, 7) is 5.66. The van der Waals surface area contributed by atoms with E-state index in [0.29, 0.717) is 47.2 Å². The number of ether oxygens (including phenoxy) is 1. The lowest BCUT2D eigenvalue weighted by Gasteiger charge is -2.49. The molecule has 1 aromatic heterocycles. The summed E-state index contributed by atoms with van der Waals surface area (Å²) in [5, 5.41) is 22.9. The van der Waals surface area contributed by atoms with Crippen LogP contribution in [0.4, 0.5) is 9.18 Å². The predicted molar refractivity (Wildman–Crippen MR) is 161 cm³/mol. The topological polar surface area (TPSA) is 103 Å². The third-order valence-electron chi connectivity index (χ3n) is 8.29. The van der Waals surface area contributed by atoms with Crippen molar-refractivity contribution >= 4 is 35.2 Å². The van der Waals surface area contributed by atoms with E-state index in [-0.39, 0.29) is 29.3 Å². The van der Waals surface area contributed by atoms with Crippen molar-refractivity contribution in [2.24, 2.45) is 11.8 Å². The van der Waals surface area contributed by atoms with E-state index in [0.717, 1.165) is 12.1 Å². The Bertz CT molecular complexity index is 1510. The highest BCUT2D eigenvalue weighted by atomic mass is 35.5. The molecule has 2 unspecified atom stereocenters. The van der Waals surface area contributed by atoms with Crippen LogP contribution in [0.5, 0.6) is 5.75 Å². The van der Waals surface area contributed by atoms with Gasteiger partial charge in [-0.2, -0.15) is 0 Å². The van der Waals surface area contributed by atoms with Gasteiger partial charge in [0, 0.05) is 42.4 Å². The number of halogens is 3. The molecule has 0 aliphatic carbocycles. The molecule has 1 fully saturated rings. The number of aliphatic hydroxyl groups is 1. The van der Waals surface area contributed by atoms with E-state index in [9.17, 15) is 19.8 Å². The molecule has 2 aliphatic rings. The lowest BCUT2D eigenvalue weighted by Crippen LogP contribution is -2.55. The Morgan fingerprint density at radius 3 is 2.33 bits per heavy atom. The van der Waals surface area contributed by atoms with Gasteiger partial charge in [0.1, 0.15) is 22.7 Å². The summed E-state index contributed by atoms with van der Waals surface area (Å²) in [6.07, 6.45) is 1.97. The van der Waals surface area contributed by atoms with Gasteiger partial charge >= 0.3 is 6.09 Å². The normalized spacial score (nSPS) is 19.8. The summed E-state index contributed by atoms with van der Waals surface area (Å²) in [4.78, 5) is 34.5. The number of pyridine rings is 1. The number of aromatic hydroxyl groups is 1. The van der Waals surface area contributed by atoms with Crippen LogP contribution in [-0.2, 0) is 16.8 Å². The SMILES string of the molecule is CC(C)(C)OC(=O)N1CCC(C(CO)C2(c3ccc(Cl)cc3)c3c(F)ccc(O)c3C(=O)N2Cc2ccc(Cl)cn2)CC1. The molecule has 2 atom stereocenters. The largest absolute Gasteiger partial charge is 0.507 e. The maximum absolute atomic E-state index is 16.2. The summed E-state index contributed by atoms with van der Waals surface area (Å²) in [7, 11) is 0. The summed E-state index contributed by atoms with van der Waals surface area (Å²) in [5.74, 6) is -2.62. The van der Waals surface area contributed by atoms with Crippen LogP contribution in [0.2, 0.25) is 10.0 Å². The van der Waals surface area contributed by atoms with Gasteiger partial charge in [-0.25, -0.2) is 9.18 Å². The summed E-state index contributed by atoms with van der Waals surface area (Å²) in [5.41, 5.74) is -1.36. The van der Waals surface area contributed by atoms with Crippen molar-refractivity contribution in [3.8, 4) is 5.75 Å². The second-order valence-electron chi connectivity index (χ2n) is 12.0. The molecule has 2 aliphatic heterocycles. The molecule has 228 valence electrons. The standard InChI is InChI=1S/C32H34Cl2FN3O5/c1-31(2,3)43-30(42)37-14-12-19(13-15-37)24(18-39)32(20-4-6-21(33)7-5-20)28-25(35)10-11-26(40)27(28)29(41)38(32)17-23-9-8-22(34)16-36-23/h4-11,16,19,24,39-40H,12-15,17-18H2,1-3H3. The first-order valence-electron chi connectivity index (χ1n) is 14.2. The maximum atomic E-state index is 16.2. The minimum absolute atomic E-state index is 0.0117. The zero-order chi connectivity index (χ0) is 31.1. The third-order valence-corrected chi connectivity index (χ3v) is 8.76. The highest BCUT2D eigenvalue weighted by molar-refractivity contribution is 6.30. The molecule has 0 spiro atoms. The van der Waals surface area contributed by atoms with Gasteiger partial charge in [-0.3, -0.25) is 9.78 Å². The Hall–Kier alpha value is -3.40. The van der Waals surface area contributed by atoms with Gasteiger partial charge in [-0.15, -0.1) is 0 Å². The Labute approximate surface area is 260 Å². The van der Waals surface area contributed by atoms with Crippen molar-refractivity contribution in [3.63, 3.8) is 0 Å². The molecule has 0 saturated carbocycles. The maximum Gasteiger partial charge on any atom is 0.410 e. The highest BCUT2D eigenvalue weighted by Gasteiger charge is 2.59. The summed E-state index contributed by atoms with van der Waals surface area (Å²) < 4.78 is 21.7. The Morgan fingerprint density at radius 1 is 1.09 bits per heavy atom. The highest BCUT2D eigenvalue weighted by Crippen LogP contribution is 2.55. The Balaban J connectivity index is 1.66. The van der Waals surface area contributed by atoms with E-state index in [1.54, 1.807) is 62.1 Å². The van der Waals surface area contributed by atoms with Crippen molar-refractivity contribution < 1.29 is 28.9 Å². The van der Waals surface area contributed by atoms with E-state index in [4.69, 9.17) is 27.9 Å². The minimum atomic E-state index is -1.55. The molecule has 2 amide bonds. The number of aromatic nitrogens is 1. The lowest BCUT2D eigenvalue weighted by atomic mass is 9.65. The minimum Gasteiger partial charge on any atom is -0.507 e. The van der Waals surface area contributed by atoms with Crippen molar-refractivity contribution in [3.05, 3.63) is 93.0 Å². The number of nitrogens with zero attached hydrogens (tertiary/aromatic N) is 3. The molecule has 11 heteroatoms. The fraction of sp³-hybridized carbons (Fsp3) is 0.406. The van der Waals surface area contributed by atoms with Crippen LogP contribution in [0.15, 0.2) is 54.7 Å². The number of likely N-dealkylation sites (tertiary alicyclic amines) is 1. The zero-order valence-corrected chi connectivity index (χ0v) is 25.7. The van der Waals surface area contributed by atoms with E-state index in [1.165, 1.54) is 11.1 Å². The molecular formula is C32H34Cl2FN3O5. The lowest BCUT2D eigenvalue weighted by molar-refractivity contribution is -0.0128. The number of fused-ring (bicyclic) bond motifs is 1. The number of piperidine rings is 1. The van der Waals surface area contributed by atoms with E-state index >= 15 is 4.39 Å². The molecule has 0 bridgehead atoms. The Kier molecular flexibility index (Phi) is 8.62. The van der Waals surface area contributed by atoms with Crippen molar-refractivity contribution in [1.29, 1.82) is 0 Å². The van der Waals surface area contributed by atoms with Gasteiger partial charge in [0.15, 0.2) is 0 Å². The number of phenols is 1. The number of hydrogen-bond donors (Lipinski definition) is 2. The molecule has 43 heavy (non-hydrogen) atoms. The van der Waals surface area contributed by atoms with E-state index in [2.05, 4.69) is 4.98 Å². The van der Waals surface area contributed by atoms with E-state index < -0.39 is 41.5 Å². The summed E-state index contributed by atoms with van der Waals surface area (Å²) >= 11 is 12.3. The van der Waals surface area contributed by atoms with E-state index in [1.807, 2.05) is 0 Å². The smallest absolute Gasteiger partial charge is 0.410 e. The fourth-order valence-corrected chi connectivity index (χ4v) is 6.72. The number of carbonyl (C=O) groups excluding carboxylic acids is 2. The van der Waals surface area contributed by atoms with Crippen molar-refractivity contribution in [2.75, 3.05) is 19.7 Å². The predicted octanol–water partition coefficient (Wildman–Crippen LogP) is 6.39. The second kappa shape index (κ2) is 11.9. The molecule has 2 aromatic carbocycles. The molecule has 3 heterocycles. The van der Waals surface area contributed by atoms with Crippen LogP contribution < -0.4 is 0 Å². The molecule has 3 aromatic rings. The number of rotatable bonds is 6. The molecule has 1 saturated heterocycles. The van der Waals surface area contributed by atoms with Gasteiger partial charge < -0.3 is 24.7 Å². The second-order valence-corrected chi connectivity index (χ2v) is 12.9. The van der Waals surface area contributed by atoms with Crippen LogP contribution in [0.25, 0.3) is 0 Å². The number of amides is 2. The molecule has 0 radical (unpaired) electrons. The number of phenolic OH excluding ortho intramolecular Hbond substituents is 1. The van der Waals surface area contributed by atoms with Gasteiger partial charge in [-0.05, 0) is 81.5 Å². The van der Waals surface area contributed by atoms with Crippen LogP contribution in [0.3, 0.4) is 0 Å². The number of hydrogen-bond acceptors (Lipinski definition) is 6. The van der Waals surface area contributed by atoms with Crippen LogP contribution in [-0.4, -0.2) is 62.3 Å². The molecule has 2 N–H and O–H groups in total. The first-order valence-corrected chi connectivity index (χ1v) is 14.9. The first-order chi connectivity index (χ1) is 20.4. The van der Waals surface area contributed by atoms with Gasteiger partial charge in [-0.1, -0.05) is 35.3 Å². The number of aliphatic hydroxyl groups excluding tert-OH is 1. The molecular weight excluding hydrogens is 596 g/mol. The average Bonchev–Trinajstić information content (AvgIpc) is 3.22. The Morgan fingerprint density at radius 2 is 1.74 bits per heavy atom. The van der Waals surface area contributed by atoms with Crippen LogP contribution >= 0.6 is 23.2 Å². The summed E-state index contributed by atoms with van der Waals surface area (Å²) in [6, 6.07) is 12.4. The monoisotopic (exact) mass is 629 g/mol. The molecule has 5 rings (SSSR count). The fourth-order valence-electron chi connectivity index (χ4n) is 6.48. The van der Waals surface area contributed by atoms with Crippen molar-refractivity contribution in [2.45, 2.75) is 51.3 Å². The third kappa shape index (κ3) is 5.78. The first kappa shape index (κ1) is 31.0. The average molecular weight is 631 g/mol. The van der Waals surface area contributed by atoms with Gasteiger partial charge in [0.05, 0.1) is 22.8 Å². The number of benzene rings is 2. The van der Waals surface area contributed by atoms with Gasteiger partial charge in [0.2, 0.25) is 0 Å². The van der Waals surface area contributed by atoms with Crippen molar-refractivity contribution in [1.82, 2.24) is 14.8 Å². The van der Waals surface area contributed by atoms with Crippen LogP contribution in [0.1, 0.15) is 60.8 Å².